The molecule has 0 saturated carbocycles. The van der Waals surface area contributed by atoms with Gasteiger partial charge in [-0.05, 0) is 24.3 Å². The van der Waals surface area contributed by atoms with Crippen molar-refractivity contribution in [3.8, 4) is 0 Å². The minimum absolute atomic E-state index is 0. The van der Waals surface area contributed by atoms with Crippen LogP contribution in [0.1, 0.15) is 6.42 Å². The lowest BCUT2D eigenvalue weighted by atomic mass is 10.3. The Bertz CT molecular complexity index is 507. The zero-order valence-corrected chi connectivity index (χ0v) is 12.4. The van der Waals surface area contributed by atoms with Gasteiger partial charge in [-0.1, -0.05) is 36.4 Å². The zero-order chi connectivity index (χ0) is 13.5. The summed E-state index contributed by atoms with van der Waals surface area (Å²) in [5.74, 6) is -0.667. The van der Waals surface area contributed by atoms with Gasteiger partial charge >= 0.3 is 0 Å². The Morgan fingerprint density at radius 3 is 1.40 bits per heavy atom. The van der Waals surface area contributed by atoms with Gasteiger partial charge in [-0.25, -0.2) is 0 Å². The Balaban J connectivity index is 0.00000200. The van der Waals surface area contributed by atoms with Gasteiger partial charge in [-0.15, -0.1) is 17.0 Å². The number of benzene rings is 2. The molecule has 0 spiro atoms. The van der Waals surface area contributed by atoms with E-state index in [4.69, 9.17) is 0 Å². The molecule has 5 heteroatoms. The second kappa shape index (κ2) is 8.12. The van der Waals surface area contributed by atoms with E-state index >= 15 is 0 Å². The molecule has 0 atom stereocenters. The van der Waals surface area contributed by atoms with Crippen LogP contribution in [0.3, 0.4) is 0 Å². The maximum Gasteiger partial charge on any atom is 0.233 e. The zero-order valence-electron chi connectivity index (χ0n) is 10.7. The molecule has 0 aliphatic carbocycles. The van der Waals surface area contributed by atoms with E-state index < -0.39 is 0 Å². The maximum atomic E-state index is 11.6. The highest BCUT2D eigenvalue weighted by atomic mass is 79.9. The SMILES string of the molecule is Br.O=C(CC(=O)Nc1ccccc1)Nc1ccccc1. The minimum Gasteiger partial charge on any atom is -0.326 e. The lowest BCUT2D eigenvalue weighted by molar-refractivity contribution is -0.123. The number of anilines is 2. The molecule has 0 saturated heterocycles. The van der Waals surface area contributed by atoms with Crippen molar-refractivity contribution >= 4 is 40.2 Å². The van der Waals surface area contributed by atoms with Crippen LogP contribution in [0.15, 0.2) is 60.7 Å². The monoisotopic (exact) mass is 334 g/mol. The second-order valence-electron chi connectivity index (χ2n) is 4.01. The highest BCUT2D eigenvalue weighted by Gasteiger charge is 2.09. The first kappa shape index (κ1) is 15.9. The van der Waals surface area contributed by atoms with Crippen LogP contribution in [-0.4, -0.2) is 11.8 Å². The van der Waals surface area contributed by atoms with Gasteiger partial charge in [0.15, 0.2) is 0 Å². The molecule has 2 N–H and O–H groups in total. The molecule has 104 valence electrons. The van der Waals surface area contributed by atoms with Crippen LogP contribution >= 0.6 is 17.0 Å². The van der Waals surface area contributed by atoms with Crippen LogP contribution in [0, 0.1) is 0 Å². The first-order valence-electron chi connectivity index (χ1n) is 5.94. The van der Waals surface area contributed by atoms with Crippen LogP contribution < -0.4 is 10.6 Å². The van der Waals surface area contributed by atoms with Crippen molar-refractivity contribution in [3.05, 3.63) is 60.7 Å². The van der Waals surface area contributed by atoms with Gasteiger partial charge < -0.3 is 10.6 Å². The normalized spacial score (nSPS) is 9.20. The largest absolute Gasteiger partial charge is 0.326 e. The number of amides is 2. The Kier molecular flexibility index (Phi) is 6.46. The fourth-order valence-corrected chi connectivity index (χ4v) is 1.60. The van der Waals surface area contributed by atoms with E-state index in [0.717, 1.165) is 0 Å². The summed E-state index contributed by atoms with van der Waals surface area (Å²) < 4.78 is 0. The van der Waals surface area contributed by atoms with E-state index in [0.29, 0.717) is 11.4 Å². The Hall–Kier alpha value is -2.14. The van der Waals surface area contributed by atoms with Gasteiger partial charge in [0.1, 0.15) is 6.42 Å². The summed E-state index contributed by atoms with van der Waals surface area (Å²) in [4.78, 5) is 23.3. The Morgan fingerprint density at radius 2 is 1.05 bits per heavy atom. The molecule has 2 aromatic carbocycles. The van der Waals surface area contributed by atoms with Gasteiger partial charge in [-0.2, -0.15) is 0 Å². The number of halogens is 1. The minimum atomic E-state index is -0.334. The van der Waals surface area contributed by atoms with Crippen molar-refractivity contribution in [3.63, 3.8) is 0 Å². The summed E-state index contributed by atoms with van der Waals surface area (Å²) >= 11 is 0. The lowest BCUT2D eigenvalue weighted by Crippen LogP contribution is -2.21. The van der Waals surface area contributed by atoms with E-state index in [1.807, 2.05) is 36.4 Å². The number of hydrogen-bond donors (Lipinski definition) is 2. The van der Waals surface area contributed by atoms with Gasteiger partial charge in [0.2, 0.25) is 11.8 Å². The van der Waals surface area contributed by atoms with Crippen LogP contribution in [0.5, 0.6) is 0 Å². The van der Waals surface area contributed by atoms with Gasteiger partial charge in [-0.3, -0.25) is 9.59 Å². The molecule has 0 aliphatic heterocycles. The molecule has 0 radical (unpaired) electrons. The molecule has 0 aliphatic rings. The molecule has 2 amide bonds. The molecular formula is C15H15BrN2O2. The van der Waals surface area contributed by atoms with Gasteiger partial charge in [0.25, 0.3) is 0 Å². The van der Waals surface area contributed by atoms with E-state index in [1.54, 1.807) is 24.3 Å². The highest BCUT2D eigenvalue weighted by molar-refractivity contribution is 8.93. The predicted molar refractivity (Wildman–Crippen MR) is 85.1 cm³/mol. The highest BCUT2D eigenvalue weighted by Crippen LogP contribution is 2.07. The molecule has 4 nitrogen and oxygen atoms in total. The quantitative estimate of drug-likeness (QED) is 0.843. The third-order valence-corrected chi connectivity index (χ3v) is 2.44. The van der Waals surface area contributed by atoms with Crippen molar-refractivity contribution in [2.45, 2.75) is 6.42 Å². The second-order valence-corrected chi connectivity index (χ2v) is 4.01. The topological polar surface area (TPSA) is 58.2 Å². The number of nitrogens with one attached hydrogen (secondary N) is 2. The third-order valence-electron chi connectivity index (χ3n) is 2.44. The smallest absolute Gasteiger partial charge is 0.233 e. The molecule has 2 rings (SSSR count). The summed E-state index contributed by atoms with van der Waals surface area (Å²) in [6.45, 7) is 0. The molecular weight excluding hydrogens is 320 g/mol. The average Bonchev–Trinajstić information content (AvgIpc) is 2.40. The van der Waals surface area contributed by atoms with Crippen LogP contribution in [0.25, 0.3) is 0 Å². The van der Waals surface area contributed by atoms with Crippen LogP contribution in [0.4, 0.5) is 11.4 Å². The van der Waals surface area contributed by atoms with Crippen molar-refractivity contribution in [2.24, 2.45) is 0 Å². The van der Waals surface area contributed by atoms with Gasteiger partial charge in [0, 0.05) is 11.4 Å². The summed E-state index contributed by atoms with van der Waals surface area (Å²) in [6, 6.07) is 18.1. The van der Waals surface area contributed by atoms with E-state index in [1.165, 1.54) is 0 Å². The fraction of sp³-hybridized carbons (Fsp3) is 0.0667. The molecule has 2 aromatic rings. The number of rotatable bonds is 4. The fourth-order valence-electron chi connectivity index (χ4n) is 1.60. The number of hydrogen-bond acceptors (Lipinski definition) is 2. The van der Waals surface area contributed by atoms with E-state index in [-0.39, 0.29) is 35.2 Å². The molecule has 0 bridgehead atoms. The predicted octanol–water partition coefficient (Wildman–Crippen LogP) is 3.23. The molecule has 0 aromatic heterocycles. The van der Waals surface area contributed by atoms with Crippen molar-refractivity contribution in [1.29, 1.82) is 0 Å². The summed E-state index contributed by atoms with van der Waals surface area (Å²) in [5.41, 5.74) is 1.36. The average molecular weight is 335 g/mol. The van der Waals surface area contributed by atoms with E-state index in [9.17, 15) is 9.59 Å². The van der Waals surface area contributed by atoms with E-state index in [2.05, 4.69) is 10.6 Å². The van der Waals surface area contributed by atoms with Crippen LogP contribution in [-0.2, 0) is 9.59 Å². The summed E-state index contributed by atoms with van der Waals surface area (Å²) in [6.07, 6.45) is -0.205. The molecule has 0 heterocycles. The maximum absolute atomic E-state index is 11.6. The third kappa shape index (κ3) is 5.24. The lowest BCUT2D eigenvalue weighted by Gasteiger charge is -2.06. The molecule has 0 unspecified atom stereocenters. The number of carbonyl (C=O) groups excluding carboxylic acids is 2. The van der Waals surface area contributed by atoms with Crippen molar-refractivity contribution < 1.29 is 9.59 Å². The first-order chi connectivity index (χ1) is 9.24. The number of para-hydroxylation sites is 2. The Labute approximate surface area is 128 Å². The standard InChI is InChI=1S/C15H14N2O2.BrH/c18-14(16-12-7-3-1-4-8-12)11-15(19)17-13-9-5-2-6-10-13;/h1-10H,11H2,(H,16,18)(H,17,19);1H. The first-order valence-corrected chi connectivity index (χ1v) is 5.94. The van der Waals surface area contributed by atoms with Crippen molar-refractivity contribution in [2.75, 3.05) is 10.6 Å². The molecule has 20 heavy (non-hydrogen) atoms. The molecule has 0 fully saturated rings. The summed E-state index contributed by atoms with van der Waals surface area (Å²) in [5, 5.41) is 5.32. The summed E-state index contributed by atoms with van der Waals surface area (Å²) in [7, 11) is 0. The number of carbonyl (C=O) groups is 2. The van der Waals surface area contributed by atoms with Crippen molar-refractivity contribution in [1.82, 2.24) is 0 Å². The van der Waals surface area contributed by atoms with Gasteiger partial charge in [0.05, 0.1) is 0 Å². The van der Waals surface area contributed by atoms with Crippen LogP contribution in [0.2, 0.25) is 0 Å². The Morgan fingerprint density at radius 1 is 0.700 bits per heavy atom.